The molecule has 3 N–H and O–H groups in total. The van der Waals surface area contributed by atoms with Gasteiger partial charge in [0.15, 0.2) is 28.8 Å². The predicted molar refractivity (Wildman–Crippen MR) is 139 cm³/mol. The van der Waals surface area contributed by atoms with Crippen molar-refractivity contribution in [3.8, 4) is 28.7 Å². The van der Waals surface area contributed by atoms with Gasteiger partial charge in [0.25, 0.3) is 0 Å². The summed E-state index contributed by atoms with van der Waals surface area (Å²) in [7, 11) is 2.87. The van der Waals surface area contributed by atoms with Crippen LogP contribution in [-0.2, 0) is 19.7 Å². The fraction of sp³-hybridized carbons (Fsp3) is 0.310. The number of hydrogen-bond donors (Lipinski definition) is 3. The zero-order valence-electron chi connectivity index (χ0n) is 22.7. The molecule has 2 heterocycles. The van der Waals surface area contributed by atoms with Gasteiger partial charge in [-0.15, -0.1) is 0 Å². The minimum Gasteiger partial charge on any atom is -0.507 e. The number of benzene rings is 2. The number of allylic oxidation sites excluding steroid dienone is 4. The van der Waals surface area contributed by atoms with Crippen molar-refractivity contribution in [2.45, 2.75) is 39.2 Å². The molecule has 11 heteroatoms. The van der Waals surface area contributed by atoms with Gasteiger partial charge in [-0.3, -0.25) is 14.4 Å². The van der Waals surface area contributed by atoms with E-state index in [1.54, 1.807) is 19.1 Å². The molecule has 1 unspecified atom stereocenters. The first-order valence-electron chi connectivity index (χ1n) is 12.4. The summed E-state index contributed by atoms with van der Waals surface area (Å²) in [5.74, 6) is -2.90. The molecule has 5 rings (SSSR count). The third-order valence-electron chi connectivity index (χ3n) is 7.69. The number of fused-ring (bicyclic) bond motifs is 4. The van der Waals surface area contributed by atoms with Crippen LogP contribution < -0.4 is 19.5 Å². The summed E-state index contributed by atoms with van der Waals surface area (Å²) < 4.78 is 21.9. The van der Waals surface area contributed by atoms with Gasteiger partial charge in [-0.2, -0.15) is 0 Å². The predicted octanol–water partition coefficient (Wildman–Crippen LogP) is 3.09. The van der Waals surface area contributed by atoms with Crippen LogP contribution in [0, 0.1) is 6.92 Å². The number of rotatable bonds is 6. The summed E-state index contributed by atoms with van der Waals surface area (Å²) in [6.45, 7) is 5.70. The number of ether oxygens (including phenoxy) is 4. The number of aromatic hydroxyl groups is 2. The first kappa shape index (κ1) is 26.8. The number of esters is 1. The highest BCUT2D eigenvalue weighted by atomic mass is 16.6. The lowest BCUT2D eigenvalue weighted by Crippen LogP contribution is -2.41. The second-order valence-corrected chi connectivity index (χ2v) is 9.93. The number of ketones is 3. The maximum absolute atomic E-state index is 14.0. The molecule has 2 aromatic carbocycles. The normalized spacial score (nSPS) is 22.0. The lowest BCUT2D eigenvalue weighted by atomic mass is 9.70. The minimum absolute atomic E-state index is 0.00161. The molecule has 0 radical (unpaired) electrons. The molecular weight excluding hydrogens is 522 g/mol. The molecule has 3 aliphatic rings. The van der Waals surface area contributed by atoms with Crippen molar-refractivity contribution < 1.29 is 48.3 Å². The number of phenolic OH excluding ortho intramolecular Hbond substituents is 2. The summed E-state index contributed by atoms with van der Waals surface area (Å²) in [5.41, 5.74) is -0.991. The van der Waals surface area contributed by atoms with Crippen molar-refractivity contribution in [3.05, 3.63) is 63.1 Å². The molecule has 0 aromatic heterocycles. The van der Waals surface area contributed by atoms with E-state index in [4.69, 9.17) is 18.9 Å². The standard InChI is InChI=1S/C29H27NO10/c1-11-23(33)20(13(3)31)26-22(24(11)34)29(4)18(40-26)9-15(32)19(27(29)35)12(2)30-10-17-14-7-8-16(37-5)25(38-6)21(14)28(36)39-17/h7-9,17,30,33-34H,10H2,1-6H3/b19-12+/t17?,29-/m0/s1. The lowest BCUT2D eigenvalue weighted by molar-refractivity contribution is -0.123. The highest BCUT2D eigenvalue weighted by Crippen LogP contribution is 2.57. The fourth-order valence-electron chi connectivity index (χ4n) is 5.52. The Morgan fingerprint density at radius 2 is 1.80 bits per heavy atom. The van der Waals surface area contributed by atoms with Crippen LogP contribution in [0.3, 0.4) is 0 Å². The van der Waals surface area contributed by atoms with E-state index in [1.165, 1.54) is 35.0 Å². The summed E-state index contributed by atoms with van der Waals surface area (Å²) in [6, 6.07) is 3.34. The Kier molecular flexibility index (Phi) is 6.13. The average molecular weight is 550 g/mol. The average Bonchev–Trinajstić information content (AvgIpc) is 3.39. The maximum atomic E-state index is 14.0. The molecule has 0 bridgehead atoms. The number of nitrogens with one attached hydrogen (secondary N) is 1. The van der Waals surface area contributed by atoms with E-state index in [0.717, 1.165) is 6.08 Å². The number of carbonyl (C=O) groups excluding carboxylic acids is 4. The number of hydrogen-bond acceptors (Lipinski definition) is 11. The maximum Gasteiger partial charge on any atom is 0.343 e. The largest absolute Gasteiger partial charge is 0.507 e. The van der Waals surface area contributed by atoms with Crippen LogP contribution in [0.5, 0.6) is 28.7 Å². The number of Topliss-reactive ketones (excluding diaryl/α,β-unsaturated/α-hetero) is 2. The number of phenols is 2. The topological polar surface area (TPSA) is 158 Å². The molecule has 40 heavy (non-hydrogen) atoms. The van der Waals surface area contributed by atoms with E-state index in [1.807, 2.05) is 0 Å². The van der Waals surface area contributed by atoms with Gasteiger partial charge in [-0.05, 0) is 33.8 Å². The second-order valence-electron chi connectivity index (χ2n) is 9.93. The quantitative estimate of drug-likeness (QED) is 0.210. The summed E-state index contributed by atoms with van der Waals surface area (Å²) in [5, 5.41) is 24.5. The first-order valence-corrected chi connectivity index (χ1v) is 12.4. The highest BCUT2D eigenvalue weighted by Gasteiger charge is 2.56. The molecule has 2 aromatic rings. The van der Waals surface area contributed by atoms with E-state index in [-0.39, 0.29) is 57.3 Å². The number of carbonyl (C=O) groups is 4. The molecule has 1 aliphatic carbocycles. The number of cyclic esters (lactones) is 1. The molecule has 2 atom stereocenters. The summed E-state index contributed by atoms with van der Waals surface area (Å²) >= 11 is 0. The molecule has 0 fully saturated rings. The van der Waals surface area contributed by atoms with E-state index < -0.39 is 46.3 Å². The van der Waals surface area contributed by atoms with E-state index in [2.05, 4.69) is 5.32 Å². The minimum atomic E-state index is -1.63. The molecule has 0 saturated carbocycles. The molecule has 208 valence electrons. The third-order valence-corrected chi connectivity index (χ3v) is 7.69. The van der Waals surface area contributed by atoms with Crippen molar-refractivity contribution in [2.24, 2.45) is 0 Å². The third kappa shape index (κ3) is 3.50. The van der Waals surface area contributed by atoms with E-state index >= 15 is 0 Å². The Morgan fingerprint density at radius 1 is 1.10 bits per heavy atom. The SMILES string of the molecule is COc1ccc2c(c1OC)C(=O)OC2CN/C(C)=C1\C(=O)C=C2Oc3c(C(C)=O)c(O)c(C)c(O)c3[C@@]2(C)C1=O. The van der Waals surface area contributed by atoms with Crippen molar-refractivity contribution >= 4 is 23.3 Å². The summed E-state index contributed by atoms with van der Waals surface area (Å²) in [6.07, 6.45) is 0.399. The lowest BCUT2D eigenvalue weighted by Gasteiger charge is -2.29. The van der Waals surface area contributed by atoms with Crippen LogP contribution in [-0.4, -0.2) is 54.3 Å². The van der Waals surface area contributed by atoms with Gasteiger partial charge >= 0.3 is 5.97 Å². The van der Waals surface area contributed by atoms with E-state index in [0.29, 0.717) is 11.3 Å². The summed E-state index contributed by atoms with van der Waals surface area (Å²) in [4.78, 5) is 52.1. The zero-order chi connectivity index (χ0) is 29.3. The van der Waals surface area contributed by atoms with Crippen LogP contribution in [0.4, 0.5) is 0 Å². The van der Waals surface area contributed by atoms with E-state index in [9.17, 15) is 29.4 Å². The molecule has 0 saturated heterocycles. The highest BCUT2D eigenvalue weighted by molar-refractivity contribution is 6.31. The van der Waals surface area contributed by atoms with Gasteiger partial charge in [0, 0.05) is 22.9 Å². The molecular formula is C29H27NO10. The smallest absolute Gasteiger partial charge is 0.343 e. The number of methoxy groups -OCH3 is 2. The van der Waals surface area contributed by atoms with Crippen molar-refractivity contribution in [1.82, 2.24) is 5.32 Å². The van der Waals surface area contributed by atoms with Gasteiger partial charge in [-0.1, -0.05) is 6.07 Å². The fourth-order valence-corrected chi connectivity index (χ4v) is 5.52. The van der Waals surface area contributed by atoms with Gasteiger partial charge in [0.2, 0.25) is 0 Å². The van der Waals surface area contributed by atoms with Crippen LogP contribution >= 0.6 is 0 Å². The second kappa shape index (κ2) is 9.15. The zero-order valence-corrected chi connectivity index (χ0v) is 22.7. The van der Waals surface area contributed by atoms with Crippen LogP contribution in [0.15, 0.2) is 35.2 Å². The van der Waals surface area contributed by atoms with Crippen LogP contribution in [0.25, 0.3) is 0 Å². The van der Waals surface area contributed by atoms with Gasteiger partial charge in [0.1, 0.15) is 45.7 Å². The Morgan fingerprint density at radius 3 is 2.42 bits per heavy atom. The van der Waals surface area contributed by atoms with Crippen molar-refractivity contribution in [1.29, 1.82) is 0 Å². The van der Waals surface area contributed by atoms with Gasteiger partial charge in [-0.25, -0.2) is 4.79 Å². The molecule has 0 spiro atoms. The van der Waals surface area contributed by atoms with Crippen molar-refractivity contribution in [3.63, 3.8) is 0 Å². The van der Waals surface area contributed by atoms with Crippen molar-refractivity contribution in [2.75, 3.05) is 20.8 Å². The van der Waals surface area contributed by atoms with Gasteiger partial charge in [0.05, 0.1) is 31.9 Å². The van der Waals surface area contributed by atoms with Gasteiger partial charge < -0.3 is 34.5 Å². The Hall–Kier alpha value is -4.80. The first-order chi connectivity index (χ1) is 18.9. The Bertz CT molecular complexity index is 1620. The molecule has 2 aliphatic heterocycles. The van der Waals surface area contributed by atoms with Crippen LogP contribution in [0.1, 0.15) is 64.3 Å². The molecule has 11 nitrogen and oxygen atoms in total. The Balaban J connectivity index is 1.52. The molecule has 0 amide bonds. The van der Waals surface area contributed by atoms with Crippen LogP contribution in [0.2, 0.25) is 0 Å². The Labute approximate surface area is 229 Å². The monoisotopic (exact) mass is 549 g/mol.